The van der Waals surface area contributed by atoms with Crippen LogP contribution in [0.4, 0.5) is 0 Å². The normalized spacial score (nSPS) is 19.3. The molecule has 0 aromatic rings. The molecule has 0 aromatic carbocycles. The molecular weight excluding hydrogens is 875 g/mol. The number of ether oxygens (including phenoxy) is 2. The Morgan fingerprint density at radius 3 is 1.11 bits per heavy atom. The summed E-state index contributed by atoms with van der Waals surface area (Å²) >= 11 is 0. The molecule has 416 valence electrons. The molecular formula is C61H119NO8. The molecule has 6 N–H and O–H groups in total. The van der Waals surface area contributed by atoms with E-state index in [1.807, 2.05) is 6.08 Å². The van der Waals surface area contributed by atoms with Crippen LogP contribution in [0.15, 0.2) is 12.2 Å². The molecule has 1 saturated heterocycles. The van der Waals surface area contributed by atoms with Crippen molar-refractivity contribution in [1.29, 1.82) is 0 Å². The molecule has 1 rings (SSSR count). The van der Waals surface area contributed by atoms with Crippen LogP contribution >= 0.6 is 0 Å². The van der Waals surface area contributed by atoms with Crippen molar-refractivity contribution in [2.75, 3.05) is 13.2 Å². The molecule has 9 heteroatoms. The number of amides is 1. The van der Waals surface area contributed by atoms with Crippen molar-refractivity contribution in [2.24, 2.45) is 0 Å². The first kappa shape index (κ1) is 66.9. The van der Waals surface area contributed by atoms with Gasteiger partial charge in [0.15, 0.2) is 6.29 Å². The second-order valence-electron chi connectivity index (χ2n) is 21.9. The number of carbonyl (C=O) groups is 1. The number of hydrogen-bond acceptors (Lipinski definition) is 8. The number of allylic oxidation sites excluding steroid dienone is 1. The Labute approximate surface area is 433 Å². The van der Waals surface area contributed by atoms with Crippen molar-refractivity contribution in [2.45, 2.75) is 358 Å². The zero-order chi connectivity index (χ0) is 50.8. The minimum atomic E-state index is -1.56. The monoisotopic (exact) mass is 994 g/mol. The number of nitrogens with one attached hydrogen (secondary N) is 1. The molecule has 7 atom stereocenters. The second-order valence-corrected chi connectivity index (χ2v) is 21.9. The highest BCUT2D eigenvalue weighted by atomic mass is 16.7. The lowest BCUT2D eigenvalue weighted by atomic mass is 9.99. The topological polar surface area (TPSA) is 149 Å². The lowest BCUT2D eigenvalue weighted by molar-refractivity contribution is -0.302. The summed E-state index contributed by atoms with van der Waals surface area (Å²) in [6, 6.07) is -0.797. The van der Waals surface area contributed by atoms with E-state index in [4.69, 9.17) is 9.47 Å². The van der Waals surface area contributed by atoms with Crippen molar-refractivity contribution in [1.82, 2.24) is 5.32 Å². The molecule has 0 saturated carbocycles. The van der Waals surface area contributed by atoms with E-state index >= 15 is 0 Å². The van der Waals surface area contributed by atoms with E-state index in [1.165, 1.54) is 257 Å². The van der Waals surface area contributed by atoms with Gasteiger partial charge in [0.1, 0.15) is 24.4 Å². The fourth-order valence-electron chi connectivity index (χ4n) is 10.2. The molecule has 7 unspecified atom stereocenters. The fourth-order valence-corrected chi connectivity index (χ4v) is 10.2. The highest BCUT2D eigenvalue weighted by Gasteiger charge is 2.44. The zero-order valence-electron chi connectivity index (χ0n) is 46.3. The van der Waals surface area contributed by atoms with Crippen molar-refractivity contribution in [3.63, 3.8) is 0 Å². The van der Waals surface area contributed by atoms with Crippen molar-refractivity contribution < 1.29 is 39.8 Å². The van der Waals surface area contributed by atoms with Crippen LogP contribution in [0.2, 0.25) is 0 Å². The summed E-state index contributed by atoms with van der Waals surface area (Å²) in [6.07, 6.45) is 58.0. The molecule has 0 aliphatic carbocycles. The van der Waals surface area contributed by atoms with E-state index in [2.05, 4.69) is 19.2 Å². The van der Waals surface area contributed by atoms with Gasteiger partial charge in [0, 0.05) is 6.42 Å². The maximum Gasteiger partial charge on any atom is 0.220 e. The SMILES string of the molecule is CCCCCCC/C=C/C(O)C(COC1OC(CO)C(O)C(O)C1O)NC(=O)CCCCCCCCCCCCCCCCCCCCCCCCCCCCCCCCCCCCCCCCCC. The molecule has 1 aliphatic rings. The molecule has 9 nitrogen and oxygen atoms in total. The van der Waals surface area contributed by atoms with Crippen molar-refractivity contribution in [3.05, 3.63) is 12.2 Å². The summed E-state index contributed by atoms with van der Waals surface area (Å²) in [5, 5.41) is 54.1. The number of aliphatic hydroxyl groups is 5. The van der Waals surface area contributed by atoms with Gasteiger partial charge in [0.2, 0.25) is 5.91 Å². The second kappa shape index (κ2) is 51.4. The highest BCUT2D eigenvalue weighted by molar-refractivity contribution is 5.76. The third-order valence-electron chi connectivity index (χ3n) is 15.1. The quantitative estimate of drug-likeness (QED) is 0.0261. The van der Waals surface area contributed by atoms with Gasteiger partial charge in [-0.1, -0.05) is 302 Å². The summed E-state index contributed by atoms with van der Waals surface area (Å²) in [5.74, 6) is -0.175. The number of carbonyl (C=O) groups excluding carboxylic acids is 1. The van der Waals surface area contributed by atoms with E-state index in [0.717, 1.165) is 38.5 Å². The molecule has 0 spiro atoms. The lowest BCUT2D eigenvalue weighted by Crippen LogP contribution is -2.60. The zero-order valence-corrected chi connectivity index (χ0v) is 46.3. The maximum atomic E-state index is 12.9. The largest absolute Gasteiger partial charge is 0.394 e. The van der Waals surface area contributed by atoms with Gasteiger partial charge < -0.3 is 40.3 Å². The third-order valence-corrected chi connectivity index (χ3v) is 15.1. The molecule has 0 bridgehead atoms. The summed E-state index contributed by atoms with van der Waals surface area (Å²) < 4.78 is 11.2. The Hall–Kier alpha value is -1.07. The minimum Gasteiger partial charge on any atom is -0.394 e. The predicted octanol–water partition coefficient (Wildman–Crippen LogP) is 15.6. The lowest BCUT2D eigenvalue weighted by Gasteiger charge is -2.40. The van der Waals surface area contributed by atoms with Gasteiger partial charge >= 0.3 is 0 Å². The van der Waals surface area contributed by atoms with E-state index in [0.29, 0.717) is 6.42 Å². The molecule has 70 heavy (non-hydrogen) atoms. The first-order valence-electron chi connectivity index (χ1n) is 30.9. The Bertz CT molecular complexity index is 1110. The van der Waals surface area contributed by atoms with Crippen molar-refractivity contribution in [3.8, 4) is 0 Å². The molecule has 1 fully saturated rings. The number of unbranched alkanes of at least 4 members (excludes halogenated alkanes) is 44. The average Bonchev–Trinajstić information content (AvgIpc) is 3.36. The molecule has 0 aromatic heterocycles. The van der Waals surface area contributed by atoms with Gasteiger partial charge in [-0.3, -0.25) is 4.79 Å². The van der Waals surface area contributed by atoms with Crippen molar-refractivity contribution >= 4 is 5.91 Å². The minimum absolute atomic E-state index is 0.175. The summed E-state index contributed by atoms with van der Waals surface area (Å²) in [7, 11) is 0. The standard InChI is InChI=1S/C61H119NO8/c1-3-5-7-9-11-12-13-14-15-16-17-18-19-20-21-22-23-24-25-26-27-28-29-30-31-32-33-34-35-36-37-38-39-40-41-42-43-45-47-49-51-57(65)62-54(55(64)50-48-46-44-10-8-6-4-2)53-69-61-60(68)59(67)58(66)56(52-63)70-61/h48,50,54-56,58-61,63-64,66-68H,3-47,49,51-53H2,1-2H3,(H,62,65)/b50-48+. The molecule has 0 radical (unpaired) electrons. The number of aliphatic hydroxyl groups excluding tert-OH is 5. The first-order valence-corrected chi connectivity index (χ1v) is 30.9. The molecule has 1 amide bonds. The van der Waals surface area contributed by atoms with E-state index in [-0.39, 0.29) is 12.5 Å². The van der Waals surface area contributed by atoms with Crippen LogP contribution in [0, 0.1) is 0 Å². The Balaban J connectivity index is 1.92. The number of rotatable bonds is 54. The van der Waals surface area contributed by atoms with E-state index < -0.39 is 49.5 Å². The van der Waals surface area contributed by atoms with Gasteiger partial charge in [0.25, 0.3) is 0 Å². The van der Waals surface area contributed by atoms with Crippen LogP contribution in [0.3, 0.4) is 0 Å². The van der Waals surface area contributed by atoms with Gasteiger partial charge in [-0.2, -0.15) is 0 Å². The predicted molar refractivity (Wildman–Crippen MR) is 295 cm³/mol. The first-order chi connectivity index (χ1) is 34.3. The molecule has 1 aliphatic heterocycles. The van der Waals surface area contributed by atoms with Crippen LogP contribution in [-0.2, 0) is 14.3 Å². The van der Waals surface area contributed by atoms with Gasteiger partial charge in [-0.15, -0.1) is 0 Å². The van der Waals surface area contributed by atoms with Gasteiger partial charge in [-0.05, 0) is 19.3 Å². The Kier molecular flexibility index (Phi) is 49.2. The van der Waals surface area contributed by atoms with Crippen LogP contribution < -0.4 is 5.32 Å². The van der Waals surface area contributed by atoms with E-state index in [9.17, 15) is 30.3 Å². The van der Waals surface area contributed by atoms with E-state index in [1.54, 1.807) is 6.08 Å². The Morgan fingerprint density at radius 2 is 0.786 bits per heavy atom. The van der Waals surface area contributed by atoms with Crippen LogP contribution in [-0.4, -0.2) is 87.5 Å². The highest BCUT2D eigenvalue weighted by Crippen LogP contribution is 2.23. The van der Waals surface area contributed by atoms with Gasteiger partial charge in [0.05, 0.1) is 25.4 Å². The maximum absolute atomic E-state index is 12.9. The average molecular weight is 995 g/mol. The van der Waals surface area contributed by atoms with Crippen LogP contribution in [0.5, 0.6) is 0 Å². The summed E-state index contributed by atoms with van der Waals surface area (Å²) in [4.78, 5) is 12.9. The number of hydrogen-bond donors (Lipinski definition) is 6. The summed E-state index contributed by atoms with van der Waals surface area (Å²) in [6.45, 7) is 3.74. The van der Waals surface area contributed by atoms with Crippen LogP contribution in [0.1, 0.15) is 316 Å². The smallest absolute Gasteiger partial charge is 0.220 e. The van der Waals surface area contributed by atoms with Gasteiger partial charge in [-0.25, -0.2) is 0 Å². The molecule has 1 heterocycles. The third kappa shape index (κ3) is 40.3. The summed E-state index contributed by atoms with van der Waals surface area (Å²) in [5.41, 5.74) is 0. The van der Waals surface area contributed by atoms with Crippen LogP contribution in [0.25, 0.3) is 0 Å². The fraction of sp³-hybridized carbons (Fsp3) is 0.951. The Morgan fingerprint density at radius 1 is 0.471 bits per heavy atom.